The van der Waals surface area contributed by atoms with E-state index in [2.05, 4.69) is 22.0 Å². The Hall–Kier alpha value is -2.40. The molecule has 0 radical (unpaired) electrons. The van der Waals surface area contributed by atoms with Crippen LogP contribution >= 0.6 is 0 Å². The average molecular weight is 351 g/mol. The number of amides is 1. The molecule has 0 aliphatic carbocycles. The molecule has 0 spiro atoms. The monoisotopic (exact) mass is 351 g/mol. The third-order valence-corrected chi connectivity index (χ3v) is 5.23. The Morgan fingerprint density at radius 1 is 1.12 bits per heavy atom. The highest BCUT2D eigenvalue weighted by Gasteiger charge is 2.26. The largest absolute Gasteiger partial charge is 0.372 e. The Balaban J connectivity index is 1.45. The van der Waals surface area contributed by atoms with Gasteiger partial charge in [0, 0.05) is 42.8 Å². The fraction of sp³-hybridized carbons (Fsp3) is 0.429. The molecule has 2 fully saturated rings. The van der Waals surface area contributed by atoms with Crippen LogP contribution in [0.5, 0.6) is 0 Å². The van der Waals surface area contributed by atoms with Crippen molar-refractivity contribution in [3.63, 3.8) is 0 Å². The number of hydrogen-bond acceptors (Lipinski definition) is 4. The van der Waals surface area contributed by atoms with E-state index in [1.165, 1.54) is 18.5 Å². The summed E-state index contributed by atoms with van der Waals surface area (Å²) in [5.74, 6) is 0.0806. The van der Waals surface area contributed by atoms with E-state index in [1.807, 2.05) is 36.1 Å². The van der Waals surface area contributed by atoms with Gasteiger partial charge in [0.1, 0.15) is 6.10 Å². The summed E-state index contributed by atoms with van der Waals surface area (Å²) in [6.07, 6.45) is 4.22. The molecule has 1 unspecified atom stereocenters. The molecule has 2 aliphatic rings. The van der Waals surface area contributed by atoms with Crippen LogP contribution in [0.3, 0.4) is 0 Å². The molecule has 26 heavy (non-hydrogen) atoms. The second-order valence-corrected chi connectivity index (χ2v) is 7.08. The second-order valence-electron chi connectivity index (χ2n) is 7.08. The van der Waals surface area contributed by atoms with Crippen molar-refractivity contribution in [2.45, 2.75) is 25.9 Å². The number of aryl methyl sites for hydroxylation is 1. The molecule has 4 rings (SSSR count). The molecular formula is C21H25N3O2. The first-order valence-electron chi connectivity index (χ1n) is 9.39. The Kier molecular flexibility index (Phi) is 4.89. The van der Waals surface area contributed by atoms with E-state index in [0.29, 0.717) is 19.7 Å². The first-order valence-corrected chi connectivity index (χ1v) is 9.39. The lowest BCUT2D eigenvalue weighted by molar-refractivity contribution is -0.0228. The quantitative estimate of drug-likeness (QED) is 0.852. The molecule has 136 valence electrons. The summed E-state index contributed by atoms with van der Waals surface area (Å²) in [6, 6.07) is 12.1. The number of anilines is 1. The Labute approximate surface area is 154 Å². The van der Waals surface area contributed by atoms with Gasteiger partial charge in [0.2, 0.25) is 0 Å². The normalized spacial score (nSPS) is 20.4. The molecular weight excluding hydrogens is 326 g/mol. The highest BCUT2D eigenvalue weighted by molar-refractivity contribution is 5.94. The lowest BCUT2D eigenvalue weighted by atomic mass is 10.1. The van der Waals surface area contributed by atoms with Crippen LogP contribution in [-0.4, -0.2) is 48.6 Å². The Bertz CT molecular complexity index is 769. The van der Waals surface area contributed by atoms with Crippen molar-refractivity contribution >= 4 is 11.6 Å². The number of pyridine rings is 1. The smallest absolute Gasteiger partial charge is 0.254 e. The number of rotatable bonds is 3. The van der Waals surface area contributed by atoms with Gasteiger partial charge in [0.05, 0.1) is 13.2 Å². The molecule has 1 aromatic heterocycles. The molecule has 1 aromatic carbocycles. The molecule has 5 heteroatoms. The number of nitrogens with zero attached hydrogens (tertiary/aromatic N) is 3. The highest BCUT2D eigenvalue weighted by Crippen LogP contribution is 2.25. The van der Waals surface area contributed by atoms with E-state index in [-0.39, 0.29) is 12.0 Å². The van der Waals surface area contributed by atoms with Crippen molar-refractivity contribution in [2.75, 3.05) is 37.7 Å². The molecule has 2 aromatic rings. The van der Waals surface area contributed by atoms with Crippen LogP contribution < -0.4 is 4.90 Å². The number of ether oxygens (including phenoxy) is 1. The van der Waals surface area contributed by atoms with Gasteiger partial charge in [-0.25, -0.2) is 0 Å². The fourth-order valence-corrected chi connectivity index (χ4v) is 3.78. The van der Waals surface area contributed by atoms with Gasteiger partial charge >= 0.3 is 0 Å². The maximum atomic E-state index is 12.9. The molecule has 1 amide bonds. The first-order chi connectivity index (χ1) is 12.7. The summed E-state index contributed by atoms with van der Waals surface area (Å²) in [4.78, 5) is 21.4. The third kappa shape index (κ3) is 3.58. The molecule has 2 aliphatic heterocycles. The lowest BCUT2D eigenvalue weighted by Gasteiger charge is -2.33. The number of aromatic nitrogens is 1. The van der Waals surface area contributed by atoms with Gasteiger partial charge in [-0.05, 0) is 61.7 Å². The number of carbonyl (C=O) groups excluding carboxylic acids is 1. The van der Waals surface area contributed by atoms with E-state index in [9.17, 15) is 4.79 Å². The maximum absolute atomic E-state index is 12.9. The van der Waals surface area contributed by atoms with E-state index in [4.69, 9.17) is 4.74 Å². The zero-order valence-corrected chi connectivity index (χ0v) is 15.2. The maximum Gasteiger partial charge on any atom is 0.254 e. The van der Waals surface area contributed by atoms with Gasteiger partial charge in [-0.2, -0.15) is 0 Å². The van der Waals surface area contributed by atoms with Crippen LogP contribution in [0.25, 0.3) is 0 Å². The van der Waals surface area contributed by atoms with E-state index < -0.39 is 0 Å². The Morgan fingerprint density at radius 2 is 1.88 bits per heavy atom. The third-order valence-electron chi connectivity index (χ3n) is 5.23. The van der Waals surface area contributed by atoms with Crippen LogP contribution in [0.1, 0.15) is 40.6 Å². The van der Waals surface area contributed by atoms with Crippen molar-refractivity contribution in [1.82, 2.24) is 9.88 Å². The molecule has 0 N–H and O–H groups in total. The van der Waals surface area contributed by atoms with Gasteiger partial charge in [-0.3, -0.25) is 9.78 Å². The van der Waals surface area contributed by atoms with Gasteiger partial charge in [0.25, 0.3) is 5.91 Å². The van der Waals surface area contributed by atoms with Crippen LogP contribution in [-0.2, 0) is 4.74 Å². The standard InChI is InChI=1S/C21H25N3O2/c1-16-14-18(8-9-22-16)20-15-24(12-13-26-20)21(25)17-4-6-19(7-5-17)23-10-2-3-11-23/h4-9,14,20H,2-3,10-13,15H2,1H3. The zero-order valence-electron chi connectivity index (χ0n) is 15.2. The van der Waals surface area contributed by atoms with Crippen molar-refractivity contribution in [3.8, 4) is 0 Å². The van der Waals surface area contributed by atoms with Gasteiger partial charge in [0.15, 0.2) is 0 Å². The van der Waals surface area contributed by atoms with Crippen LogP contribution in [0.2, 0.25) is 0 Å². The first kappa shape index (κ1) is 17.0. The van der Waals surface area contributed by atoms with Crippen LogP contribution in [0.15, 0.2) is 42.6 Å². The molecule has 0 bridgehead atoms. The predicted molar refractivity (Wildman–Crippen MR) is 101 cm³/mol. The van der Waals surface area contributed by atoms with Crippen molar-refractivity contribution in [2.24, 2.45) is 0 Å². The molecule has 5 nitrogen and oxygen atoms in total. The topological polar surface area (TPSA) is 45.7 Å². The molecule has 0 saturated carbocycles. The van der Waals surface area contributed by atoms with Crippen molar-refractivity contribution in [3.05, 3.63) is 59.4 Å². The number of carbonyl (C=O) groups is 1. The fourth-order valence-electron chi connectivity index (χ4n) is 3.78. The SMILES string of the molecule is Cc1cc(C2CN(C(=O)c3ccc(N4CCCC4)cc3)CCO2)ccn1. The number of morpholine rings is 1. The van der Waals surface area contributed by atoms with Crippen molar-refractivity contribution < 1.29 is 9.53 Å². The van der Waals surface area contributed by atoms with Gasteiger partial charge in [-0.1, -0.05) is 0 Å². The highest BCUT2D eigenvalue weighted by atomic mass is 16.5. The molecule has 1 atom stereocenters. The minimum atomic E-state index is -0.0849. The van der Waals surface area contributed by atoms with Gasteiger partial charge < -0.3 is 14.5 Å². The lowest BCUT2D eigenvalue weighted by Crippen LogP contribution is -2.42. The zero-order chi connectivity index (χ0) is 17.9. The summed E-state index contributed by atoms with van der Waals surface area (Å²) in [5.41, 5.74) is 4.01. The average Bonchev–Trinajstić information content (AvgIpc) is 3.22. The minimum Gasteiger partial charge on any atom is -0.372 e. The van der Waals surface area contributed by atoms with Crippen LogP contribution in [0, 0.1) is 6.92 Å². The van der Waals surface area contributed by atoms with E-state index in [0.717, 1.165) is 29.9 Å². The summed E-state index contributed by atoms with van der Waals surface area (Å²) < 4.78 is 5.89. The summed E-state index contributed by atoms with van der Waals surface area (Å²) in [7, 11) is 0. The Morgan fingerprint density at radius 3 is 2.62 bits per heavy atom. The summed E-state index contributed by atoms with van der Waals surface area (Å²) in [5, 5.41) is 0. The summed E-state index contributed by atoms with van der Waals surface area (Å²) >= 11 is 0. The van der Waals surface area contributed by atoms with Gasteiger partial charge in [-0.15, -0.1) is 0 Å². The summed E-state index contributed by atoms with van der Waals surface area (Å²) in [6.45, 7) is 5.97. The van der Waals surface area contributed by atoms with Crippen LogP contribution in [0.4, 0.5) is 5.69 Å². The molecule has 2 saturated heterocycles. The minimum absolute atomic E-state index is 0.0806. The predicted octanol–water partition coefficient (Wildman–Crippen LogP) is 3.20. The number of hydrogen-bond donors (Lipinski definition) is 0. The number of benzene rings is 1. The second kappa shape index (κ2) is 7.46. The van der Waals surface area contributed by atoms with E-state index >= 15 is 0 Å². The van der Waals surface area contributed by atoms with Crippen molar-refractivity contribution in [1.29, 1.82) is 0 Å². The molecule has 3 heterocycles. The van der Waals surface area contributed by atoms with E-state index in [1.54, 1.807) is 6.20 Å².